The molecule has 3 aromatic rings. The molecule has 0 saturated heterocycles. The lowest BCUT2D eigenvalue weighted by molar-refractivity contribution is 0.102. The summed E-state index contributed by atoms with van der Waals surface area (Å²) >= 11 is 5.86. The number of amides is 1. The van der Waals surface area contributed by atoms with Crippen molar-refractivity contribution in [3.63, 3.8) is 0 Å². The van der Waals surface area contributed by atoms with E-state index in [4.69, 9.17) is 11.6 Å². The number of halogens is 2. The lowest BCUT2D eigenvalue weighted by atomic mass is 10.2. The molecule has 0 atom stereocenters. The minimum absolute atomic E-state index is 0.0748. The van der Waals surface area contributed by atoms with Gasteiger partial charge in [0.2, 0.25) is 0 Å². The van der Waals surface area contributed by atoms with Crippen LogP contribution in [-0.2, 0) is 10.0 Å². The van der Waals surface area contributed by atoms with Crippen molar-refractivity contribution < 1.29 is 17.6 Å². The van der Waals surface area contributed by atoms with Crippen molar-refractivity contribution in [3.8, 4) is 0 Å². The summed E-state index contributed by atoms with van der Waals surface area (Å²) < 4.78 is 40.5. The molecule has 0 bridgehead atoms. The molecule has 138 valence electrons. The van der Waals surface area contributed by atoms with Gasteiger partial charge in [0.15, 0.2) is 0 Å². The molecular formula is C19H14ClFN2O3S. The smallest absolute Gasteiger partial charge is 0.261 e. The van der Waals surface area contributed by atoms with Crippen LogP contribution >= 0.6 is 11.6 Å². The number of benzene rings is 3. The summed E-state index contributed by atoms with van der Waals surface area (Å²) in [6.07, 6.45) is 0. The molecule has 1 amide bonds. The molecule has 0 fully saturated rings. The molecule has 0 aliphatic carbocycles. The van der Waals surface area contributed by atoms with Gasteiger partial charge in [-0.1, -0.05) is 23.7 Å². The maximum atomic E-state index is 12.9. The van der Waals surface area contributed by atoms with E-state index in [1.54, 1.807) is 18.2 Å². The molecule has 0 aliphatic heterocycles. The minimum atomic E-state index is -3.90. The van der Waals surface area contributed by atoms with Crippen molar-refractivity contribution in [3.05, 3.63) is 89.2 Å². The predicted octanol–water partition coefficient (Wildman–Crippen LogP) is 4.53. The first-order valence-corrected chi connectivity index (χ1v) is 9.65. The van der Waals surface area contributed by atoms with E-state index in [0.29, 0.717) is 16.4 Å². The highest BCUT2D eigenvalue weighted by atomic mass is 35.5. The number of rotatable bonds is 5. The van der Waals surface area contributed by atoms with E-state index in [1.165, 1.54) is 54.6 Å². The van der Waals surface area contributed by atoms with Crippen molar-refractivity contribution in [2.75, 3.05) is 10.0 Å². The van der Waals surface area contributed by atoms with Crippen LogP contribution in [0.3, 0.4) is 0 Å². The Morgan fingerprint density at radius 2 is 1.59 bits per heavy atom. The Bertz CT molecular complexity index is 1090. The lowest BCUT2D eigenvalue weighted by Crippen LogP contribution is -2.16. The van der Waals surface area contributed by atoms with Gasteiger partial charge in [-0.05, 0) is 60.7 Å². The zero-order valence-electron chi connectivity index (χ0n) is 13.8. The highest BCUT2D eigenvalue weighted by molar-refractivity contribution is 7.92. The SMILES string of the molecule is O=C(Nc1ccc(F)cc1)c1cccc(S(=O)(=O)Nc2cccc(Cl)c2)c1. The van der Waals surface area contributed by atoms with Crippen LogP contribution in [0.2, 0.25) is 5.02 Å². The summed E-state index contributed by atoms with van der Waals surface area (Å²) in [4.78, 5) is 12.3. The summed E-state index contributed by atoms with van der Waals surface area (Å²) in [7, 11) is -3.90. The quantitative estimate of drug-likeness (QED) is 0.655. The summed E-state index contributed by atoms with van der Waals surface area (Å²) in [5.74, 6) is -0.936. The van der Waals surface area contributed by atoms with Crippen LogP contribution in [0.15, 0.2) is 77.7 Å². The maximum Gasteiger partial charge on any atom is 0.261 e. The molecule has 0 aromatic heterocycles. The topological polar surface area (TPSA) is 75.3 Å². The number of carbonyl (C=O) groups is 1. The lowest BCUT2D eigenvalue weighted by Gasteiger charge is -2.10. The zero-order valence-corrected chi connectivity index (χ0v) is 15.4. The van der Waals surface area contributed by atoms with Gasteiger partial charge in [-0.3, -0.25) is 9.52 Å². The zero-order chi connectivity index (χ0) is 19.4. The van der Waals surface area contributed by atoms with Gasteiger partial charge < -0.3 is 5.32 Å². The first-order valence-electron chi connectivity index (χ1n) is 7.79. The van der Waals surface area contributed by atoms with Gasteiger partial charge in [0.1, 0.15) is 5.82 Å². The molecule has 0 unspecified atom stereocenters. The van der Waals surface area contributed by atoms with Gasteiger partial charge in [-0.2, -0.15) is 0 Å². The summed E-state index contributed by atoms with van der Waals surface area (Å²) in [5, 5.41) is 2.97. The third-order valence-corrected chi connectivity index (χ3v) is 5.20. The fraction of sp³-hybridized carbons (Fsp3) is 0. The van der Waals surface area contributed by atoms with E-state index in [2.05, 4.69) is 10.0 Å². The van der Waals surface area contributed by atoms with Gasteiger partial charge in [0.05, 0.1) is 10.6 Å². The molecule has 5 nitrogen and oxygen atoms in total. The van der Waals surface area contributed by atoms with E-state index in [1.807, 2.05) is 0 Å². The van der Waals surface area contributed by atoms with Crippen LogP contribution in [-0.4, -0.2) is 14.3 Å². The Hall–Kier alpha value is -2.90. The number of nitrogens with one attached hydrogen (secondary N) is 2. The highest BCUT2D eigenvalue weighted by Gasteiger charge is 2.17. The van der Waals surface area contributed by atoms with Crippen LogP contribution in [0.25, 0.3) is 0 Å². The average Bonchev–Trinajstić information content (AvgIpc) is 2.63. The molecule has 8 heteroatoms. The Kier molecular flexibility index (Phi) is 5.43. The third kappa shape index (κ3) is 4.84. The van der Waals surface area contributed by atoms with E-state index < -0.39 is 21.7 Å². The van der Waals surface area contributed by atoms with Crippen LogP contribution in [0.4, 0.5) is 15.8 Å². The van der Waals surface area contributed by atoms with Crippen molar-refractivity contribution in [1.29, 1.82) is 0 Å². The van der Waals surface area contributed by atoms with Gasteiger partial charge in [-0.25, -0.2) is 12.8 Å². The molecule has 2 N–H and O–H groups in total. The fourth-order valence-corrected chi connectivity index (χ4v) is 3.59. The second-order valence-electron chi connectivity index (χ2n) is 5.60. The van der Waals surface area contributed by atoms with Crippen LogP contribution in [0, 0.1) is 5.82 Å². The number of anilines is 2. The minimum Gasteiger partial charge on any atom is -0.322 e. The van der Waals surface area contributed by atoms with Crippen molar-refractivity contribution in [1.82, 2.24) is 0 Å². The normalized spacial score (nSPS) is 11.0. The second kappa shape index (κ2) is 7.77. The van der Waals surface area contributed by atoms with Crippen LogP contribution < -0.4 is 10.0 Å². The molecule has 0 spiro atoms. The maximum absolute atomic E-state index is 12.9. The second-order valence-corrected chi connectivity index (χ2v) is 7.72. The van der Waals surface area contributed by atoms with Gasteiger partial charge in [0, 0.05) is 16.3 Å². The van der Waals surface area contributed by atoms with E-state index >= 15 is 0 Å². The van der Waals surface area contributed by atoms with Crippen molar-refractivity contribution >= 4 is 38.9 Å². The number of hydrogen-bond acceptors (Lipinski definition) is 3. The molecule has 0 saturated carbocycles. The van der Waals surface area contributed by atoms with Gasteiger partial charge in [-0.15, -0.1) is 0 Å². The van der Waals surface area contributed by atoms with Crippen molar-refractivity contribution in [2.45, 2.75) is 4.90 Å². The summed E-state index contributed by atoms with van der Waals surface area (Å²) in [6, 6.07) is 17.1. The Morgan fingerprint density at radius 3 is 2.30 bits per heavy atom. The highest BCUT2D eigenvalue weighted by Crippen LogP contribution is 2.20. The summed E-state index contributed by atoms with van der Waals surface area (Å²) in [5.41, 5.74) is 0.851. The predicted molar refractivity (Wildman–Crippen MR) is 103 cm³/mol. The fourth-order valence-electron chi connectivity index (χ4n) is 2.31. The largest absolute Gasteiger partial charge is 0.322 e. The Labute approximate surface area is 160 Å². The molecule has 27 heavy (non-hydrogen) atoms. The molecule has 0 radical (unpaired) electrons. The molecule has 0 heterocycles. The first-order chi connectivity index (χ1) is 12.8. The number of carbonyl (C=O) groups excluding carboxylic acids is 1. The molecule has 0 aliphatic rings. The van der Waals surface area contributed by atoms with Gasteiger partial charge >= 0.3 is 0 Å². The van der Waals surface area contributed by atoms with Crippen molar-refractivity contribution in [2.24, 2.45) is 0 Å². The van der Waals surface area contributed by atoms with Gasteiger partial charge in [0.25, 0.3) is 15.9 Å². The molecule has 3 rings (SSSR count). The molecular weight excluding hydrogens is 391 g/mol. The van der Waals surface area contributed by atoms with Crippen LogP contribution in [0.1, 0.15) is 10.4 Å². The monoisotopic (exact) mass is 404 g/mol. The summed E-state index contributed by atoms with van der Waals surface area (Å²) in [6.45, 7) is 0. The molecule has 3 aromatic carbocycles. The van der Waals surface area contributed by atoms with Crippen LogP contribution in [0.5, 0.6) is 0 Å². The average molecular weight is 405 g/mol. The number of hydrogen-bond donors (Lipinski definition) is 2. The van der Waals surface area contributed by atoms with E-state index in [-0.39, 0.29) is 10.5 Å². The number of sulfonamides is 1. The standard InChI is InChI=1S/C19H14ClFN2O3S/c20-14-4-2-5-17(12-14)23-27(25,26)18-6-1-3-13(11-18)19(24)22-16-9-7-15(21)8-10-16/h1-12,23H,(H,22,24). The van der Waals surface area contributed by atoms with E-state index in [0.717, 1.165) is 0 Å². The first kappa shape index (κ1) is 18.9. The van der Waals surface area contributed by atoms with E-state index in [9.17, 15) is 17.6 Å². The third-order valence-electron chi connectivity index (χ3n) is 3.59. The Balaban J connectivity index is 1.81. The Morgan fingerprint density at radius 1 is 0.889 bits per heavy atom.